The van der Waals surface area contributed by atoms with Gasteiger partial charge in [0.05, 0.1) is 17.1 Å². The van der Waals surface area contributed by atoms with Crippen molar-refractivity contribution < 1.29 is 4.74 Å². The summed E-state index contributed by atoms with van der Waals surface area (Å²) in [5.41, 5.74) is -0.968. The normalized spacial score (nSPS) is 12.8. The average Bonchev–Trinajstić information content (AvgIpc) is 3.42. The molecule has 0 N–H and O–H groups in total. The molecule has 5 rings (SSSR count). The number of aromatic nitrogens is 3. The lowest BCUT2D eigenvalue weighted by atomic mass is 10.3. The summed E-state index contributed by atoms with van der Waals surface area (Å²) >= 11 is 0. The zero-order valence-electron chi connectivity index (χ0n) is 17.5. The highest BCUT2D eigenvalue weighted by Gasteiger charge is 2.18. The zero-order chi connectivity index (χ0) is 22.3. The number of hydrogen-bond acceptors (Lipinski definition) is 4. The van der Waals surface area contributed by atoms with Gasteiger partial charge in [0.2, 0.25) is 0 Å². The van der Waals surface area contributed by atoms with Gasteiger partial charge in [0.1, 0.15) is 0 Å². The van der Waals surface area contributed by atoms with Gasteiger partial charge < -0.3 is 4.74 Å². The zero-order valence-corrected chi connectivity index (χ0v) is 17.5. The van der Waals surface area contributed by atoms with Crippen LogP contribution >= 0.6 is 0 Å². The second-order valence-corrected chi connectivity index (χ2v) is 7.18. The van der Waals surface area contributed by atoms with Gasteiger partial charge in [0, 0.05) is 13.2 Å². The van der Waals surface area contributed by atoms with E-state index in [1.54, 1.807) is 91.0 Å². The number of rotatable bonds is 3. The van der Waals surface area contributed by atoms with Crippen LogP contribution in [0.3, 0.4) is 0 Å². The molecule has 0 atom stereocenters. The van der Waals surface area contributed by atoms with Crippen LogP contribution in [-0.4, -0.2) is 26.9 Å². The van der Waals surface area contributed by atoms with E-state index < -0.39 is 17.1 Å². The fourth-order valence-corrected chi connectivity index (χ4v) is 3.45. The molecule has 7 nitrogen and oxygen atoms in total. The second kappa shape index (κ2) is 9.89. The molecule has 4 aromatic rings. The van der Waals surface area contributed by atoms with E-state index in [1.807, 2.05) is 0 Å². The summed E-state index contributed by atoms with van der Waals surface area (Å²) in [6, 6.07) is 25.6. The Labute approximate surface area is 184 Å². The van der Waals surface area contributed by atoms with Crippen molar-refractivity contribution in [3.8, 4) is 17.1 Å². The van der Waals surface area contributed by atoms with E-state index in [2.05, 4.69) is 0 Å². The van der Waals surface area contributed by atoms with Crippen LogP contribution in [0.4, 0.5) is 0 Å². The van der Waals surface area contributed by atoms with Gasteiger partial charge in [0.25, 0.3) is 0 Å². The fraction of sp³-hybridized carbons (Fsp3) is 0.160. The largest absolute Gasteiger partial charge is 0.381 e. The summed E-state index contributed by atoms with van der Waals surface area (Å²) in [6.45, 7) is 2.00. The smallest absolute Gasteiger partial charge is 0.345 e. The van der Waals surface area contributed by atoms with Crippen LogP contribution in [0, 0.1) is 0 Å². The first kappa shape index (κ1) is 21.3. The monoisotopic (exact) mass is 429 g/mol. The van der Waals surface area contributed by atoms with E-state index in [0.717, 1.165) is 26.9 Å². The van der Waals surface area contributed by atoms with Gasteiger partial charge in [0.15, 0.2) is 0 Å². The highest BCUT2D eigenvalue weighted by atomic mass is 16.5. The Morgan fingerprint density at radius 2 is 0.750 bits per heavy atom. The second-order valence-electron chi connectivity index (χ2n) is 7.18. The molecule has 0 unspecified atom stereocenters. The molecule has 0 saturated carbocycles. The van der Waals surface area contributed by atoms with E-state index in [-0.39, 0.29) is 0 Å². The molecule has 0 amide bonds. The van der Waals surface area contributed by atoms with Crippen LogP contribution in [0.25, 0.3) is 17.1 Å². The minimum absolute atomic E-state index is 0.391. The molecule has 0 aliphatic carbocycles. The molecule has 1 aliphatic heterocycles. The van der Waals surface area contributed by atoms with Crippen molar-refractivity contribution in [2.24, 2.45) is 0 Å². The van der Waals surface area contributed by atoms with E-state index in [1.165, 1.54) is 12.8 Å². The van der Waals surface area contributed by atoms with Crippen LogP contribution in [0.5, 0.6) is 0 Å². The lowest BCUT2D eigenvalue weighted by molar-refractivity contribution is 0.198. The minimum atomic E-state index is -0.713. The van der Waals surface area contributed by atoms with Crippen molar-refractivity contribution in [2.45, 2.75) is 12.8 Å². The summed E-state index contributed by atoms with van der Waals surface area (Å²) < 4.78 is 7.95. The molecule has 32 heavy (non-hydrogen) atoms. The Morgan fingerprint density at radius 1 is 0.469 bits per heavy atom. The van der Waals surface area contributed by atoms with Gasteiger partial charge in [-0.3, -0.25) is 0 Å². The summed E-state index contributed by atoms with van der Waals surface area (Å²) in [6.07, 6.45) is 2.56. The maximum absolute atomic E-state index is 13.1. The van der Waals surface area contributed by atoms with Crippen molar-refractivity contribution in [2.75, 3.05) is 13.2 Å². The number of nitrogens with zero attached hydrogens (tertiary/aromatic N) is 3. The van der Waals surface area contributed by atoms with Crippen LogP contribution in [0.2, 0.25) is 0 Å². The van der Waals surface area contributed by atoms with Gasteiger partial charge in [-0.15, -0.1) is 0 Å². The lowest BCUT2D eigenvalue weighted by Gasteiger charge is -2.14. The first-order chi connectivity index (χ1) is 15.7. The number of benzene rings is 3. The Balaban J connectivity index is 0.000000433. The molecular weight excluding hydrogens is 406 g/mol. The first-order valence-electron chi connectivity index (χ1n) is 10.4. The predicted molar refractivity (Wildman–Crippen MR) is 123 cm³/mol. The number of para-hydroxylation sites is 3. The summed E-state index contributed by atoms with van der Waals surface area (Å²) in [4.78, 5) is 39.3. The highest BCUT2D eigenvalue weighted by molar-refractivity contribution is 5.37. The molecule has 2 heterocycles. The Kier molecular flexibility index (Phi) is 6.57. The van der Waals surface area contributed by atoms with Crippen LogP contribution in [-0.2, 0) is 4.74 Å². The van der Waals surface area contributed by atoms with E-state index in [9.17, 15) is 14.4 Å². The van der Waals surface area contributed by atoms with E-state index in [4.69, 9.17) is 4.74 Å². The Hall–Kier alpha value is -3.97. The third-order valence-electron chi connectivity index (χ3n) is 5.02. The molecule has 0 radical (unpaired) electrons. The summed E-state index contributed by atoms with van der Waals surface area (Å²) in [5.74, 6) is 0. The van der Waals surface area contributed by atoms with Crippen LogP contribution < -0.4 is 17.1 Å². The third kappa shape index (κ3) is 4.38. The molecule has 1 fully saturated rings. The SMILES string of the molecule is C1CCOC1.O=c1n(-c2ccccc2)c(=O)n(-c2ccccc2)c(=O)n1-c1ccccc1. The molecular formula is C25H23N3O4. The quantitative estimate of drug-likeness (QED) is 0.502. The van der Waals surface area contributed by atoms with E-state index >= 15 is 0 Å². The molecule has 162 valence electrons. The third-order valence-corrected chi connectivity index (χ3v) is 5.02. The molecule has 3 aromatic carbocycles. The topological polar surface area (TPSA) is 75.2 Å². The minimum Gasteiger partial charge on any atom is -0.381 e. The van der Waals surface area contributed by atoms with Crippen molar-refractivity contribution in [3.05, 3.63) is 122 Å². The predicted octanol–water partition coefficient (Wildman–Crippen LogP) is 2.94. The number of ether oxygens (including phenoxy) is 1. The summed E-state index contributed by atoms with van der Waals surface area (Å²) in [5, 5.41) is 0. The van der Waals surface area contributed by atoms with Gasteiger partial charge in [-0.25, -0.2) is 28.1 Å². The van der Waals surface area contributed by atoms with Crippen molar-refractivity contribution >= 4 is 0 Å². The number of hydrogen-bond donors (Lipinski definition) is 0. The molecule has 1 aromatic heterocycles. The Morgan fingerprint density at radius 3 is 0.969 bits per heavy atom. The highest BCUT2D eigenvalue weighted by Crippen LogP contribution is 2.06. The van der Waals surface area contributed by atoms with Gasteiger partial charge in [-0.2, -0.15) is 0 Å². The molecule has 1 aliphatic rings. The molecule has 0 bridgehead atoms. The lowest BCUT2D eigenvalue weighted by Crippen LogP contribution is -2.52. The van der Waals surface area contributed by atoms with Crippen molar-refractivity contribution in [1.82, 2.24) is 13.7 Å². The van der Waals surface area contributed by atoms with Crippen molar-refractivity contribution in [1.29, 1.82) is 0 Å². The van der Waals surface area contributed by atoms with Gasteiger partial charge >= 0.3 is 17.1 Å². The van der Waals surface area contributed by atoms with E-state index in [0.29, 0.717) is 17.1 Å². The molecule has 7 heteroatoms. The maximum atomic E-state index is 13.1. The maximum Gasteiger partial charge on any atom is 0.345 e. The van der Waals surface area contributed by atoms with Crippen molar-refractivity contribution in [3.63, 3.8) is 0 Å². The fourth-order valence-electron chi connectivity index (χ4n) is 3.45. The Bertz CT molecular complexity index is 1140. The van der Waals surface area contributed by atoms with Crippen LogP contribution in [0.15, 0.2) is 105 Å². The standard InChI is InChI=1S/C21H15N3O3.C4H8O/c25-19-22(16-10-4-1-5-11-16)20(26)24(18-14-8-3-9-15-18)21(27)23(19)17-12-6-2-7-13-17;1-2-4-5-3-1/h1-15H;1-4H2. The van der Waals surface area contributed by atoms with Crippen LogP contribution in [0.1, 0.15) is 12.8 Å². The average molecular weight is 429 g/mol. The molecule has 1 saturated heterocycles. The molecule has 0 spiro atoms. The summed E-state index contributed by atoms with van der Waals surface area (Å²) in [7, 11) is 0. The first-order valence-corrected chi connectivity index (χ1v) is 10.4. The van der Waals surface area contributed by atoms with Gasteiger partial charge in [-0.1, -0.05) is 54.6 Å². The van der Waals surface area contributed by atoms with Gasteiger partial charge in [-0.05, 0) is 49.2 Å².